The van der Waals surface area contributed by atoms with Gasteiger partial charge in [-0.05, 0) is 36.1 Å². The zero-order valence-electron chi connectivity index (χ0n) is 17.8. The van der Waals surface area contributed by atoms with Gasteiger partial charge in [-0.25, -0.2) is 4.79 Å². The van der Waals surface area contributed by atoms with Crippen LogP contribution in [-0.4, -0.2) is 31.1 Å². The Hall–Kier alpha value is -3.64. The van der Waals surface area contributed by atoms with Crippen LogP contribution >= 0.6 is 0 Å². The molecular formula is C26H24N2O4. The lowest BCUT2D eigenvalue weighted by Gasteiger charge is -2.22. The molecule has 2 aromatic carbocycles. The van der Waals surface area contributed by atoms with E-state index in [9.17, 15) is 9.59 Å². The molecule has 0 fully saturated rings. The van der Waals surface area contributed by atoms with Gasteiger partial charge in [0.2, 0.25) is 0 Å². The van der Waals surface area contributed by atoms with E-state index in [4.69, 9.17) is 9.57 Å². The van der Waals surface area contributed by atoms with Crippen molar-refractivity contribution >= 4 is 23.3 Å². The summed E-state index contributed by atoms with van der Waals surface area (Å²) in [6.45, 7) is 1.37. The van der Waals surface area contributed by atoms with Crippen molar-refractivity contribution in [1.29, 1.82) is 0 Å². The monoisotopic (exact) mass is 428 g/mol. The summed E-state index contributed by atoms with van der Waals surface area (Å²) in [4.78, 5) is 32.0. The number of fused-ring (bicyclic) bond motifs is 4. The van der Waals surface area contributed by atoms with E-state index in [1.165, 1.54) is 5.56 Å². The molecule has 0 spiro atoms. The number of para-hydroxylation sites is 1. The third-order valence-electron chi connectivity index (χ3n) is 6.08. The molecular weight excluding hydrogens is 404 g/mol. The minimum absolute atomic E-state index is 0.0397. The number of carbonyl (C=O) groups is 2. The Kier molecular flexibility index (Phi) is 5.37. The number of allylic oxidation sites excluding steroid dienone is 5. The molecule has 6 nitrogen and oxygen atoms in total. The highest BCUT2D eigenvalue weighted by atomic mass is 16.7. The highest BCUT2D eigenvalue weighted by molar-refractivity contribution is 5.97. The fourth-order valence-electron chi connectivity index (χ4n) is 4.68. The first-order valence-corrected chi connectivity index (χ1v) is 10.7. The van der Waals surface area contributed by atoms with Crippen LogP contribution in [0.3, 0.4) is 0 Å². The van der Waals surface area contributed by atoms with Crippen LogP contribution in [0.15, 0.2) is 78.4 Å². The number of hydroxylamine groups is 1. The van der Waals surface area contributed by atoms with Gasteiger partial charge in [-0.2, -0.15) is 0 Å². The van der Waals surface area contributed by atoms with Gasteiger partial charge in [-0.15, -0.1) is 0 Å². The van der Waals surface area contributed by atoms with Gasteiger partial charge in [0.25, 0.3) is 5.91 Å². The molecule has 6 heteroatoms. The molecule has 1 amide bonds. The van der Waals surface area contributed by atoms with E-state index in [1.54, 1.807) is 4.90 Å². The van der Waals surface area contributed by atoms with Gasteiger partial charge < -0.3 is 9.64 Å². The number of nitrogens with one attached hydrogen (secondary N) is 1. The van der Waals surface area contributed by atoms with Crippen LogP contribution in [-0.2, 0) is 25.6 Å². The van der Waals surface area contributed by atoms with Crippen molar-refractivity contribution in [3.05, 3.63) is 95.1 Å². The van der Waals surface area contributed by atoms with Gasteiger partial charge in [0.1, 0.15) is 0 Å². The smallest absolute Gasteiger partial charge is 0.335 e. The Bertz CT molecular complexity index is 1160. The van der Waals surface area contributed by atoms with E-state index in [-0.39, 0.29) is 31.1 Å². The Morgan fingerprint density at radius 3 is 2.78 bits per heavy atom. The van der Waals surface area contributed by atoms with Gasteiger partial charge in [0.05, 0.1) is 5.70 Å². The highest BCUT2D eigenvalue weighted by Crippen LogP contribution is 2.43. The van der Waals surface area contributed by atoms with Crippen LogP contribution in [0.2, 0.25) is 0 Å². The number of hydrogen-bond donors (Lipinski definition) is 1. The number of nitrogens with zero attached hydrogens (tertiary/aromatic N) is 1. The van der Waals surface area contributed by atoms with Crippen molar-refractivity contribution in [2.24, 2.45) is 0 Å². The summed E-state index contributed by atoms with van der Waals surface area (Å²) >= 11 is 0. The maximum atomic E-state index is 12.7. The van der Waals surface area contributed by atoms with Crippen LogP contribution in [0.1, 0.15) is 29.5 Å². The van der Waals surface area contributed by atoms with E-state index in [1.807, 2.05) is 67.6 Å². The SMILES string of the molecule is C[C@H]1Cc2ccccc2N1C(=O)COC(=O)CONC1=C2C=CC=C[C@H]2c2ccccc21. The molecule has 0 unspecified atom stereocenters. The number of benzene rings is 2. The van der Waals surface area contributed by atoms with Crippen LogP contribution in [0.4, 0.5) is 5.69 Å². The van der Waals surface area contributed by atoms with Gasteiger partial charge in [-0.1, -0.05) is 66.8 Å². The third-order valence-corrected chi connectivity index (χ3v) is 6.08. The third kappa shape index (κ3) is 3.63. The standard InChI is InChI=1S/C26H24N2O4/c1-17-14-18-8-2-7-13-23(18)28(17)24(29)15-31-25(30)16-32-27-26-21-11-5-3-9-19(21)20-10-4-6-12-22(20)26/h2-13,17,19,27H,14-16H2,1H3/t17-,19-/m0/s1. The van der Waals surface area contributed by atoms with Gasteiger partial charge in [0.15, 0.2) is 13.2 Å². The number of rotatable bonds is 6. The average Bonchev–Trinajstić information content (AvgIpc) is 3.32. The van der Waals surface area contributed by atoms with Crippen molar-refractivity contribution in [2.45, 2.75) is 25.3 Å². The van der Waals surface area contributed by atoms with Gasteiger partial charge in [-0.3, -0.25) is 15.1 Å². The lowest BCUT2D eigenvalue weighted by molar-refractivity contribution is -0.153. The van der Waals surface area contributed by atoms with Crippen molar-refractivity contribution in [1.82, 2.24) is 5.48 Å². The normalized spacial score (nSPS) is 20.1. The number of anilines is 1. The molecule has 3 aliphatic rings. The summed E-state index contributed by atoms with van der Waals surface area (Å²) in [6, 6.07) is 16.0. The van der Waals surface area contributed by atoms with E-state index < -0.39 is 5.97 Å². The first kappa shape index (κ1) is 20.3. The van der Waals surface area contributed by atoms with E-state index in [0.29, 0.717) is 0 Å². The largest absolute Gasteiger partial charge is 0.454 e. The summed E-state index contributed by atoms with van der Waals surface area (Å²) in [5.41, 5.74) is 9.13. The van der Waals surface area contributed by atoms with Crippen LogP contribution in [0, 0.1) is 0 Å². The molecule has 1 heterocycles. The Morgan fingerprint density at radius 1 is 1.06 bits per heavy atom. The fraction of sp³-hybridized carbons (Fsp3) is 0.231. The van der Waals surface area contributed by atoms with Crippen molar-refractivity contribution in [3.8, 4) is 0 Å². The first-order chi connectivity index (χ1) is 15.6. The molecule has 0 bridgehead atoms. The summed E-state index contributed by atoms with van der Waals surface area (Å²) in [5.74, 6) is -0.656. The predicted molar refractivity (Wildman–Crippen MR) is 122 cm³/mol. The van der Waals surface area contributed by atoms with Crippen LogP contribution in [0.25, 0.3) is 5.70 Å². The maximum Gasteiger partial charge on any atom is 0.335 e. The first-order valence-electron chi connectivity index (χ1n) is 10.7. The molecule has 0 saturated carbocycles. The Morgan fingerprint density at radius 2 is 1.88 bits per heavy atom. The zero-order valence-corrected chi connectivity index (χ0v) is 17.8. The minimum Gasteiger partial charge on any atom is -0.454 e. The molecule has 2 aromatic rings. The second kappa shape index (κ2) is 8.48. The summed E-state index contributed by atoms with van der Waals surface area (Å²) < 4.78 is 5.18. The topological polar surface area (TPSA) is 67.9 Å². The quantitative estimate of drug-likeness (QED) is 0.562. The molecule has 2 aliphatic carbocycles. The molecule has 0 saturated heterocycles. The van der Waals surface area contributed by atoms with E-state index >= 15 is 0 Å². The maximum absolute atomic E-state index is 12.7. The average molecular weight is 428 g/mol. The number of amides is 1. The molecule has 2 atom stereocenters. The minimum atomic E-state index is -0.599. The number of ether oxygens (including phenoxy) is 1. The molecule has 162 valence electrons. The lowest BCUT2D eigenvalue weighted by Crippen LogP contribution is -2.39. The van der Waals surface area contributed by atoms with Crippen molar-refractivity contribution < 1.29 is 19.2 Å². The Labute approximate surface area is 186 Å². The van der Waals surface area contributed by atoms with Crippen molar-refractivity contribution in [2.75, 3.05) is 18.1 Å². The second-order valence-electron chi connectivity index (χ2n) is 8.14. The molecule has 1 N–H and O–H groups in total. The van der Waals surface area contributed by atoms with Crippen LogP contribution in [0.5, 0.6) is 0 Å². The molecule has 1 aliphatic heterocycles. The summed E-state index contributed by atoms with van der Waals surface area (Å²) in [7, 11) is 0. The molecule has 5 rings (SSSR count). The van der Waals surface area contributed by atoms with Crippen molar-refractivity contribution in [3.63, 3.8) is 0 Å². The van der Waals surface area contributed by atoms with Crippen LogP contribution < -0.4 is 10.4 Å². The highest BCUT2D eigenvalue weighted by Gasteiger charge is 2.31. The number of esters is 1. The Balaban J connectivity index is 1.16. The van der Waals surface area contributed by atoms with E-state index in [2.05, 4.69) is 17.6 Å². The number of carbonyl (C=O) groups excluding carboxylic acids is 2. The predicted octanol–water partition coefficient (Wildman–Crippen LogP) is 3.66. The zero-order chi connectivity index (χ0) is 22.1. The molecule has 32 heavy (non-hydrogen) atoms. The van der Waals surface area contributed by atoms with Gasteiger partial charge >= 0.3 is 5.97 Å². The summed E-state index contributed by atoms with van der Waals surface area (Å²) in [6.07, 6.45) is 8.99. The molecule has 0 radical (unpaired) electrons. The van der Waals surface area contributed by atoms with E-state index in [0.717, 1.165) is 34.5 Å². The second-order valence-corrected chi connectivity index (χ2v) is 8.14. The number of hydrogen-bond acceptors (Lipinski definition) is 5. The summed E-state index contributed by atoms with van der Waals surface area (Å²) in [5, 5.41) is 0. The fourth-order valence-corrected chi connectivity index (χ4v) is 4.68. The molecule has 0 aromatic heterocycles. The van der Waals surface area contributed by atoms with Gasteiger partial charge in [0, 0.05) is 23.2 Å². The lowest BCUT2D eigenvalue weighted by atomic mass is 9.92.